The summed E-state index contributed by atoms with van der Waals surface area (Å²) in [5, 5.41) is 2.92. The van der Waals surface area contributed by atoms with Crippen molar-refractivity contribution in [3.63, 3.8) is 0 Å². The summed E-state index contributed by atoms with van der Waals surface area (Å²) in [6.07, 6.45) is 0. The lowest BCUT2D eigenvalue weighted by atomic mass is 10.2. The van der Waals surface area contributed by atoms with Crippen molar-refractivity contribution in [2.75, 3.05) is 0 Å². The lowest BCUT2D eigenvalue weighted by Gasteiger charge is -2.09. The van der Waals surface area contributed by atoms with Crippen LogP contribution in [0.3, 0.4) is 0 Å². The quantitative estimate of drug-likeness (QED) is 0.346. The van der Waals surface area contributed by atoms with Crippen molar-refractivity contribution in [1.29, 1.82) is 0 Å². The van der Waals surface area contributed by atoms with Crippen molar-refractivity contribution in [2.24, 2.45) is 0 Å². The fraction of sp³-hybridized carbons (Fsp3) is 0.0500. The van der Waals surface area contributed by atoms with E-state index in [9.17, 15) is 0 Å². The molecule has 0 aliphatic heterocycles. The van der Waals surface area contributed by atoms with Gasteiger partial charge in [-0.2, -0.15) is 4.98 Å². The standard InChI is InChI=1S/C20H13IN4OS/c21-12-7-8-14-13(10-12)20(25-19(24-14)17-6-3-9-27-17)26-11-18-22-15-4-1-2-5-16(15)23-18/h1-10H,11H2,(H,22,23). The summed E-state index contributed by atoms with van der Waals surface area (Å²) in [7, 11) is 0. The smallest absolute Gasteiger partial charge is 0.225 e. The SMILES string of the molecule is Ic1ccc2nc(-c3cccs3)nc(OCc3nc4ccccc4[nH]3)c2c1. The van der Waals surface area contributed by atoms with E-state index < -0.39 is 0 Å². The van der Waals surface area contributed by atoms with Gasteiger partial charge in [0, 0.05) is 3.57 Å². The second kappa shape index (κ2) is 6.90. The molecular formula is C20H13IN4OS. The van der Waals surface area contributed by atoms with Crippen LogP contribution in [-0.4, -0.2) is 19.9 Å². The van der Waals surface area contributed by atoms with Gasteiger partial charge in [-0.3, -0.25) is 0 Å². The number of hydrogen-bond acceptors (Lipinski definition) is 5. The molecule has 0 aliphatic rings. The van der Waals surface area contributed by atoms with Crippen LogP contribution in [0.25, 0.3) is 32.6 Å². The van der Waals surface area contributed by atoms with Gasteiger partial charge < -0.3 is 9.72 Å². The Morgan fingerprint density at radius 3 is 2.74 bits per heavy atom. The first-order chi connectivity index (χ1) is 13.3. The summed E-state index contributed by atoms with van der Waals surface area (Å²) in [6, 6.07) is 18.0. The van der Waals surface area contributed by atoms with Crippen molar-refractivity contribution in [3.05, 3.63) is 69.4 Å². The Balaban J connectivity index is 1.54. The second-order valence-electron chi connectivity index (χ2n) is 5.98. The maximum absolute atomic E-state index is 6.09. The number of benzene rings is 2. The predicted octanol–water partition coefficient (Wildman–Crippen LogP) is 5.42. The summed E-state index contributed by atoms with van der Waals surface area (Å²) >= 11 is 3.90. The number of H-pyrrole nitrogens is 1. The molecule has 5 aromatic rings. The molecule has 2 aromatic carbocycles. The van der Waals surface area contributed by atoms with Crippen LogP contribution in [0.5, 0.6) is 5.88 Å². The molecule has 0 amide bonds. The van der Waals surface area contributed by atoms with Crippen LogP contribution in [0.15, 0.2) is 60.0 Å². The third-order valence-electron chi connectivity index (χ3n) is 4.15. The molecule has 7 heteroatoms. The average molecular weight is 484 g/mol. The molecule has 0 atom stereocenters. The molecule has 27 heavy (non-hydrogen) atoms. The van der Waals surface area contributed by atoms with Crippen LogP contribution in [-0.2, 0) is 6.61 Å². The number of aromatic nitrogens is 4. The highest BCUT2D eigenvalue weighted by atomic mass is 127. The summed E-state index contributed by atoms with van der Waals surface area (Å²) in [4.78, 5) is 18.3. The molecule has 0 radical (unpaired) electrons. The molecule has 5 rings (SSSR count). The molecular weight excluding hydrogens is 471 g/mol. The van der Waals surface area contributed by atoms with Crippen molar-refractivity contribution < 1.29 is 4.74 Å². The van der Waals surface area contributed by atoms with E-state index in [-0.39, 0.29) is 0 Å². The zero-order chi connectivity index (χ0) is 18.2. The van der Waals surface area contributed by atoms with Crippen LogP contribution >= 0.6 is 33.9 Å². The number of imidazole rings is 1. The lowest BCUT2D eigenvalue weighted by molar-refractivity contribution is 0.289. The number of rotatable bonds is 4. The molecule has 5 nitrogen and oxygen atoms in total. The molecule has 3 heterocycles. The topological polar surface area (TPSA) is 63.7 Å². The normalized spacial score (nSPS) is 11.3. The number of ether oxygens (including phenoxy) is 1. The van der Waals surface area contributed by atoms with Crippen molar-refractivity contribution in [3.8, 4) is 16.6 Å². The van der Waals surface area contributed by atoms with Crippen LogP contribution in [0.4, 0.5) is 0 Å². The van der Waals surface area contributed by atoms with E-state index in [1.807, 2.05) is 60.0 Å². The third-order valence-corrected chi connectivity index (χ3v) is 5.69. The van der Waals surface area contributed by atoms with E-state index in [4.69, 9.17) is 9.72 Å². The average Bonchev–Trinajstić information content (AvgIpc) is 3.35. The zero-order valence-corrected chi connectivity index (χ0v) is 17.0. The van der Waals surface area contributed by atoms with Crippen LogP contribution < -0.4 is 4.74 Å². The first-order valence-electron chi connectivity index (χ1n) is 8.34. The van der Waals surface area contributed by atoms with Crippen LogP contribution in [0, 0.1) is 3.57 Å². The molecule has 1 N–H and O–H groups in total. The lowest BCUT2D eigenvalue weighted by Crippen LogP contribution is -2.02. The summed E-state index contributed by atoms with van der Waals surface area (Å²) < 4.78 is 7.20. The van der Waals surface area contributed by atoms with E-state index in [1.165, 1.54) is 0 Å². The minimum atomic E-state index is 0.316. The van der Waals surface area contributed by atoms with Crippen molar-refractivity contribution >= 4 is 55.9 Å². The van der Waals surface area contributed by atoms with Gasteiger partial charge in [0.1, 0.15) is 12.4 Å². The molecule has 0 saturated heterocycles. The van der Waals surface area contributed by atoms with Gasteiger partial charge in [-0.25, -0.2) is 9.97 Å². The van der Waals surface area contributed by atoms with E-state index in [0.29, 0.717) is 18.3 Å². The first-order valence-corrected chi connectivity index (χ1v) is 10.3. The molecule has 0 unspecified atom stereocenters. The van der Waals surface area contributed by atoms with Gasteiger partial charge in [0.25, 0.3) is 0 Å². The van der Waals surface area contributed by atoms with Gasteiger partial charge in [-0.1, -0.05) is 18.2 Å². The minimum Gasteiger partial charge on any atom is -0.469 e. The fourth-order valence-electron chi connectivity index (χ4n) is 2.91. The first kappa shape index (κ1) is 16.6. The molecule has 3 aromatic heterocycles. The van der Waals surface area contributed by atoms with Gasteiger partial charge in [0.15, 0.2) is 5.82 Å². The Labute approximate surface area is 172 Å². The Morgan fingerprint density at radius 2 is 1.89 bits per heavy atom. The number of nitrogens with one attached hydrogen (secondary N) is 1. The predicted molar refractivity (Wildman–Crippen MR) is 116 cm³/mol. The largest absolute Gasteiger partial charge is 0.469 e. The van der Waals surface area contributed by atoms with E-state index in [2.05, 4.69) is 37.5 Å². The molecule has 132 valence electrons. The number of para-hydroxylation sites is 2. The highest BCUT2D eigenvalue weighted by Gasteiger charge is 2.13. The minimum absolute atomic E-state index is 0.316. The highest BCUT2D eigenvalue weighted by Crippen LogP contribution is 2.30. The maximum Gasteiger partial charge on any atom is 0.225 e. The Kier molecular flexibility index (Phi) is 4.25. The third kappa shape index (κ3) is 3.28. The van der Waals surface area contributed by atoms with Gasteiger partial charge in [-0.15, -0.1) is 11.3 Å². The summed E-state index contributed by atoms with van der Waals surface area (Å²) in [5.74, 6) is 2.02. The van der Waals surface area contributed by atoms with Gasteiger partial charge in [-0.05, 0) is 64.4 Å². The molecule has 0 fully saturated rings. The van der Waals surface area contributed by atoms with E-state index in [1.54, 1.807) is 11.3 Å². The molecule has 0 saturated carbocycles. The Bertz CT molecular complexity index is 1220. The number of aromatic amines is 1. The van der Waals surface area contributed by atoms with Crippen LogP contribution in [0.2, 0.25) is 0 Å². The fourth-order valence-corrected chi connectivity index (χ4v) is 4.06. The second-order valence-corrected chi connectivity index (χ2v) is 8.17. The van der Waals surface area contributed by atoms with Crippen LogP contribution in [0.1, 0.15) is 5.82 Å². The van der Waals surface area contributed by atoms with Crippen molar-refractivity contribution in [1.82, 2.24) is 19.9 Å². The maximum atomic E-state index is 6.09. The Hall–Kier alpha value is -2.52. The summed E-state index contributed by atoms with van der Waals surface area (Å²) in [5.41, 5.74) is 2.79. The van der Waals surface area contributed by atoms with E-state index >= 15 is 0 Å². The van der Waals surface area contributed by atoms with E-state index in [0.717, 1.165) is 36.2 Å². The monoisotopic (exact) mass is 484 g/mol. The van der Waals surface area contributed by atoms with Crippen molar-refractivity contribution in [2.45, 2.75) is 6.61 Å². The zero-order valence-electron chi connectivity index (χ0n) is 14.0. The Morgan fingerprint density at radius 1 is 0.963 bits per heavy atom. The highest BCUT2D eigenvalue weighted by molar-refractivity contribution is 14.1. The van der Waals surface area contributed by atoms with Gasteiger partial charge >= 0.3 is 0 Å². The number of nitrogens with zero attached hydrogens (tertiary/aromatic N) is 3. The van der Waals surface area contributed by atoms with Gasteiger partial charge in [0.2, 0.25) is 5.88 Å². The van der Waals surface area contributed by atoms with Gasteiger partial charge in [0.05, 0.1) is 26.8 Å². The molecule has 0 bridgehead atoms. The number of hydrogen-bond donors (Lipinski definition) is 1. The molecule has 0 spiro atoms. The number of halogens is 1. The number of fused-ring (bicyclic) bond motifs is 2. The molecule has 0 aliphatic carbocycles. The number of thiophene rings is 1. The summed E-state index contributed by atoms with van der Waals surface area (Å²) in [6.45, 7) is 0.316.